The number of carbonyl (C=O) groups excluding carboxylic acids is 2. The van der Waals surface area contributed by atoms with Crippen molar-refractivity contribution in [3.63, 3.8) is 0 Å². The van der Waals surface area contributed by atoms with Gasteiger partial charge in [-0.05, 0) is 6.92 Å². The van der Waals surface area contributed by atoms with Crippen LogP contribution < -0.4 is 0 Å². The molecule has 0 radical (unpaired) electrons. The van der Waals surface area contributed by atoms with Crippen LogP contribution >= 0.6 is 0 Å². The molecule has 0 spiro atoms. The van der Waals surface area contributed by atoms with Gasteiger partial charge in [0.05, 0.1) is 11.7 Å². The summed E-state index contributed by atoms with van der Waals surface area (Å²) in [4.78, 5) is 20.9. The Hall–Kier alpha value is -1.16. The van der Waals surface area contributed by atoms with Crippen molar-refractivity contribution < 1.29 is 19.4 Å². The number of aliphatic hydroxyl groups is 1. The van der Waals surface area contributed by atoms with Crippen LogP contribution in [0.5, 0.6) is 0 Å². The zero-order valence-corrected chi connectivity index (χ0v) is 5.33. The summed E-state index contributed by atoms with van der Waals surface area (Å²) in [5, 5.41) is 8.82. The minimum Gasteiger partial charge on any atom is -0.388 e. The molecule has 1 aliphatic heterocycles. The van der Waals surface area contributed by atoms with Crippen molar-refractivity contribution in [3.8, 4) is 0 Å². The van der Waals surface area contributed by atoms with Gasteiger partial charge in [-0.1, -0.05) is 0 Å². The van der Waals surface area contributed by atoms with Crippen LogP contribution in [0.4, 0.5) is 0 Å². The van der Waals surface area contributed by atoms with Crippen molar-refractivity contribution >= 4 is 11.9 Å². The number of rotatable bonds is 1. The minimum atomic E-state index is -0.932. The molecule has 0 aliphatic carbocycles. The van der Waals surface area contributed by atoms with Gasteiger partial charge in [0.25, 0.3) is 0 Å². The molecule has 10 heavy (non-hydrogen) atoms. The summed E-state index contributed by atoms with van der Waals surface area (Å²) in [6, 6.07) is 0. The third kappa shape index (κ3) is 1.06. The first-order valence-corrected chi connectivity index (χ1v) is 2.77. The molecule has 1 aliphatic rings. The van der Waals surface area contributed by atoms with E-state index < -0.39 is 18.0 Å². The van der Waals surface area contributed by atoms with Gasteiger partial charge in [-0.2, -0.15) is 0 Å². The Balaban J connectivity index is 2.85. The van der Waals surface area contributed by atoms with Crippen molar-refractivity contribution in [1.29, 1.82) is 0 Å². The van der Waals surface area contributed by atoms with E-state index in [9.17, 15) is 9.59 Å². The first kappa shape index (κ1) is 6.95. The number of aliphatic hydroxyl groups excluding tert-OH is 1. The van der Waals surface area contributed by atoms with E-state index in [1.54, 1.807) is 0 Å². The predicted molar refractivity (Wildman–Crippen MR) is 30.9 cm³/mol. The molecule has 4 nitrogen and oxygen atoms in total. The first-order valence-electron chi connectivity index (χ1n) is 2.77. The lowest BCUT2D eigenvalue weighted by atomic mass is 10.2. The molecule has 0 bridgehead atoms. The molecule has 1 heterocycles. The second-order valence-corrected chi connectivity index (χ2v) is 1.98. The average molecular weight is 142 g/mol. The number of carbonyl (C=O) groups is 2. The smallest absolute Gasteiger partial charge is 0.344 e. The molecule has 1 rings (SSSR count). The van der Waals surface area contributed by atoms with E-state index in [1.807, 2.05) is 0 Å². The standard InChI is InChI=1S/C6H6O4/c1-3(7)4-2-5(8)10-6(4)9/h2-3,7H,1H3. The fourth-order valence-corrected chi connectivity index (χ4v) is 0.657. The highest BCUT2D eigenvalue weighted by atomic mass is 16.6. The lowest BCUT2D eigenvalue weighted by Gasteiger charge is -1.98. The van der Waals surface area contributed by atoms with Gasteiger partial charge in [-0.3, -0.25) is 0 Å². The molecule has 4 heteroatoms. The van der Waals surface area contributed by atoms with Crippen LogP contribution in [0.15, 0.2) is 11.6 Å². The fourth-order valence-electron chi connectivity index (χ4n) is 0.657. The SMILES string of the molecule is CC(O)C1=CC(=O)OC1=O. The van der Waals surface area contributed by atoms with Crippen molar-refractivity contribution in [2.75, 3.05) is 0 Å². The number of esters is 2. The quantitative estimate of drug-likeness (QED) is 0.391. The molecule has 1 atom stereocenters. The van der Waals surface area contributed by atoms with E-state index in [1.165, 1.54) is 6.92 Å². The van der Waals surface area contributed by atoms with E-state index in [0.717, 1.165) is 6.08 Å². The summed E-state index contributed by atoms with van der Waals surface area (Å²) in [6.07, 6.45) is 0.0615. The summed E-state index contributed by atoms with van der Waals surface area (Å²) in [6.45, 7) is 1.39. The number of hydrogen-bond acceptors (Lipinski definition) is 4. The second-order valence-electron chi connectivity index (χ2n) is 1.98. The van der Waals surface area contributed by atoms with Gasteiger partial charge in [0, 0.05) is 6.08 Å². The maximum atomic E-state index is 10.6. The topological polar surface area (TPSA) is 63.6 Å². The highest BCUT2D eigenvalue weighted by Crippen LogP contribution is 2.11. The summed E-state index contributed by atoms with van der Waals surface area (Å²) < 4.78 is 4.10. The van der Waals surface area contributed by atoms with Crippen LogP contribution in [0.25, 0.3) is 0 Å². The van der Waals surface area contributed by atoms with Crippen LogP contribution in [0.2, 0.25) is 0 Å². The van der Waals surface area contributed by atoms with Gasteiger partial charge >= 0.3 is 11.9 Å². The molecule has 1 unspecified atom stereocenters. The number of cyclic esters (lactones) is 2. The Bertz CT molecular complexity index is 214. The summed E-state index contributed by atoms with van der Waals surface area (Å²) in [5.74, 6) is -1.46. The van der Waals surface area contributed by atoms with E-state index in [0.29, 0.717) is 0 Å². The number of hydrogen-bond donors (Lipinski definition) is 1. The van der Waals surface area contributed by atoms with Gasteiger partial charge in [-0.25, -0.2) is 9.59 Å². The van der Waals surface area contributed by atoms with Crippen molar-refractivity contribution in [1.82, 2.24) is 0 Å². The van der Waals surface area contributed by atoms with E-state index in [2.05, 4.69) is 4.74 Å². The molecule has 0 aromatic heterocycles. The third-order valence-corrected chi connectivity index (χ3v) is 1.15. The first-order chi connectivity index (χ1) is 4.61. The zero-order valence-electron chi connectivity index (χ0n) is 5.33. The molecular weight excluding hydrogens is 136 g/mol. The normalized spacial score (nSPS) is 20.4. The average Bonchev–Trinajstić information content (AvgIpc) is 2.10. The summed E-state index contributed by atoms with van der Waals surface area (Å²) >= 11 is 0. The van der Waals surface area contributed by atoms with Crippen molar-refractivity contribution in [2.24, 2.45) is 0 Å². The highest BCUT2D eigenvalue weighted by Gasteiger charge is 2.26. The van der Waals surface area contributed by atoms with Crippen molar-refractivity contribution in [3.05, 3.63) is 11.6 Å². The lowest BCUT2D eigenvalue weighted by Crippen LogP contribution is -2.11. The lowest BCUT2D eigenvalue weighted by molar-refractivity contribution is -0.151. The molecule has 0 aromatic rings. The molecule has 0 saturated heterocycles. The molecule has 0 aromatic carbocycles. The molecule has 54 valence electrons. The largest absolute Gasteiger partial charge is 0.388 e. The maximum absolute atomic E-state index is 10.6. The van der Waals surface area contributed by atoms with Gasteiger partial charge in [0.2, 0.25) is 0 Å². The van der Waals surface area contributed by atoms with E-state index >= 15 is 0 Å². The highest BCUT2D eigenvalue weighted by molar-refractivity contribution is 6.09. The zero-order chi connectivity index (χ0) is 7.72. The monoisotopic (exact) mass is 142 g/mol. The Labute approximate surface area is 57.1 Å². The molecular formula is C6H6O4. The summed E-state index contributed by atoms with van der Waals surface area (Å²) in [7, 11) is 0. The van der Waals surface area contributed by atoms with Gasteiger partial charge in [0.1, 0.15) is 0 Å². The van der Waals surface area contributed by atoms with E-state index in [-0.39, 0.29) is 5.57 Å². The fraction of sp³-hybridized carbons (Fsp3) is 0.333. The Morgan fingerprint density at radius 3 is 2.40 bits per heavy atom. The second kappa shape index (κ2) is 2.22. The van der Waals surface area contributed by atoms with Crippen LogP contribution in [0.1, 0.15) is 6.92 Å². The minimum absolute atomic E-state index is 0.0185. The van der Waals surface area contributed by atoms with Gasteiger partial charge < -0.3 is 9.84 Å². The molecule has 0 amide bonds. The van der Waals surface area contributed by atoms with Crippen LogP contribution in [0, 0.1) is 0 Å². The Morgan fingerprint density at radius 2 is 2.20 bits per heavy atom. The van der Waals surface area contributed by atoms with E-state index in [4.69, 9.17) is 5.11 Å². The Kier molecular flexibility index (Phi) is 1.55. The number of ether oxygens (including phenoxy) is 1. The summed E-state index contributed by atoms with van der Waals surface area (Å²) in [5.41, 5.74) is 0.0185. The van der Waals surface area contributed by atoms with Crippen LogP contribution in [-0.4, -0.2) is 23.1 Å². The third-order valence-electron chi connectivity index (χ3n) is 1.15. The predicted octanol–water partition coefficient (Wildman–Crippen LogP) is -0.623. The molecule has 0 fully saturated rings. The van der Waals surface area contributed by atoms with Crippen LogP contribution in [0.3, 0.4) is 0 Å². The van der Waals surface area contributed by atoms with Gasteiger partial charge in [-0.15, -0.1) is 0 Å². The van der Waals surface area contributed by atoms with Crippen molar-refractivity contribution in [2.45, 2.75) is 13.0 Å². The molecule has 1 N–H and O–H groups in total. The van der Waals surface area contributed by atoms with Gasteiger partial charge in [0.15, 0.2) is 0 Å². The maximum Gasteiger partial charge on any atom is 0.344 e. The molecule has 0 saturated carbocycles. The van der Waals surface area contributed by atoms with Crippen LogP contribution in [-0.2, 0) is 14.3 Å². The Morgan fingerprint density at radius 1 is 1.60 bits per heavy atom.